The first kappa shape index (κ1) is 17.0. The van der Waals surface area contributed by atoms with Crippen LogP contribution in [0.4, 0.5) is 18.0 Å². The van der Waals surface area contributed by atoms with Gasteiger partial charge in [-0.05, 0) is 13.8 Å². The van der Waals surface area contributed by atoms with Gasteiger partial charge < -0.3 is 20.5 Å². The summed E-state index contributed by atoms with van der Waals surface area (Å²) in [5.74, 6) is -3.17. The van der Waals surface area contributed by atoms with Crippen LogP contribution in [0.3, 0.4) is 0 Å². The molecular weight excluding hydrogens is 273 g/mol. The minimum atomic E-state index is -5.20. The number of amides is 2. The Hall–Kier alpha value is -2.00. The lowest BCUT2D eigenvalue weighted by atomic mass is 10.0. The van der Waals surface area contributed by atoms with E-state index in [1.54, 1.807) is 0 Å². The number of carboxylic acid groups (broad SMARTS) is 1. The molecule has 0 fully saturated rings. The molecule has 3 N–H and O–H groups in total. The summed E-state index contributed by atoms with van der Waals surface area (Å²) in [6.45, 7) is 1.45. The number of halogens is 3. The zero-order valence-corrected chi connectivity index (χ0v) is 10.3. The number of ether oxygens (including phenoxy) is 1. The van der Waals surface area contributed by atoms with Gasteiger partial charge in [0.05, 0.1) is 7.11 Å². The van der Waals surface area contributed by atoms with Gasteiger partial charge in [-0.25, -0.2) is 14.4 Å². The summed E-state index contributed by atoms with van der Waals surface area (Å²) >= 11 is 0. The quantitative estimate of drug-likeness (QED) is 0.643. The number of aliphatic carboxylic acids is 1. The first-order valence-electron chi connectivity index (χ1n) is 4.92. The third-order valence-corrected chi connectivity index (χ3v) is 2.26. The Kier molecular flexibility index (Phi) is 5.15. The molecule has 0 bridgehead atoms. The third kappa shape index (κ3) is 4.00. The Morgan fingerprint density at radius 3 is 2.05 bits per heavy atom. The zero-order valence-electron chi connectivity index (χ0n) is 10.3. The SMILES string of the molecule is COC(=O)C(C)NC(=O)NC(C)(C(=O)O)C(F)(F)F. The Bertz CT molecular complexity index is 385. The van der Waals surface area contributed by atoms with Crippen molar-refractivity contribution in [2.24, 2.45) is 0 Å². The number of hydrogen-bond acceptors (Lipinski definition) is 4. The van der Waals surface area contributed by atoms with Gasteiger partial charge in [-0.15, -0.1) is 0 Å². The summed E-state index contributed by atoms with van der Waals surface area (Å²) in [6.07, 6.45) is -5.20. The molecule has 0 aliphatic heterocycles. The maximum absolute atomic E-state index is 12.6. The number of nitrogens with one attached hydrogen (secondary N) is 2. The van der Waals surface area contributed by atoms with Crippen molar-refractivity contribution < 1.29 is 37.4 Å². The molecular formula is C9H13F3N2O5. The molecule has 0 aliphatic carbocycles. The Morgan fingerprint density at radius 2 is 1.74 bits per heavy atom. The summed E-state index contributed by atoms with van der Waals surface area (Å²) < 4.78 is 41.9. The molecule has 0 aromatic carbocycles. The van der Waals surface area contributed by atoms with Crippen LogP contribution in [-0.2, 0) is 14.3 Å². The summed E-state index contributed by atoms with van der Waals surface area (Å²) in [5.41, 5.74) is -3.47. The van der Waals surface area contributed by atoms with Crippen molar-refractivity contribution in [1.29, 1.82) is 0 Å². The average Bonchev–Trinajstić information content (AvgIpc) is 2.25. The van der Waals surface area contributed by atoms with Crippen molar-refractivity contribution in [1.82, 2.24) is 10.6 Å². The van der Waals surface area contributed by atoms with Crippen LogP contribution >= 0.6 is 0 Å². The zero-order chi connectivity index (χ0) is 15.4. The lowest BCUT2D eigenvalue weighted by Crippen LogP contribution is -2.64. The molecule has 10 heteroatoms. The van der Waals surface area contributed by atoms with Gasteiger partial charge in [-0.3, -0.25) is 0 Å². The Morgan fingerprint density at radius 1 is 1.26 bits per heavy atom. The van der Waals surface area contributed by atoms with Gasteiger partial charge in [0.2, 0.25) is 5.54 Å². The second kappa shape index (κ2) is 5.76. The van der Waals surface area contributed by atoms with Gasteiger partial charge in [-0.1, -0.05) is 0 Å². The Labute approximate surface area is 106 Å². The summed E-state index contributed by atoms with van der Waals surface area (Å²) in [6, 6.07) is -2.68. The minimum Gasteiger partial charge on any atom is -0.479 e. The van der Waals surface area contributed by atoms with E-state index in [4.69, 9.17) is 5.11 Å². The summed E-state index contributed by atoms with van der Waals surface area (Å²) in [7, 11) is 1.02. The molecule has 2 amide bonds. The predicted octanol–water partition coefficient (Wildman–Crippen LogP) is 0.253. The fourth-order valence-electron chi connectivity index (χ4n) is 0.941. The molecule has 110 valence electrons. The van der Waals surface area contributed by atoms with Crippen LogP contribution in [0.5, 0.6) is 0 Å². The molecule has 0 aromatic heterocycles. The number of rotatable bonds is 4. The lowest BCUT2D eigenvalue weighted by Gasteiger charge is -2.29. The number of urea groups is 1. The van der Waals surface area contributed by atoms with Gasteiger partial charge in [-0.2, -0.15) is 13.2 Å². The lowest BCUT2D eigenvalue weighted by molar-refractivity contribution is -0.203. The topological polar surface area (TPSA) is 105 Å². The van der Waals surface area contributed by atoms with E-state index in [0.29, 0.717) is 0 Å². The minimum absolute atomic E-state index is 0.289. The number of hydrogen-bond donors (Lipinski definition) is 3. The number of carbonyl (C=O) groups excluding carboxylic acids is 2. The van der Waals surface area contributed by atoms with Gasteiger partial charge >= 0.3 is 24.1 Å². The van der Waals surface area contributed by atoms with Gasteiger partial charge in [0, 0.05) is 0 Å². The molecule has 2 atom stereocenters. The third-order valence-electron chi connectivity index (χ3n) is 2.26. The number of carbonyl (C=O) groups is 3. The normalized spacial score (nSPS) is 15.9. The molecule has 0 heterocycles. The van der Waals surface area contributed by atoms with E-state index in [1.165, 1.54) is 5.32 Å². The molecule has 0 spiro atoms. The Balaban J connectivity index is 4.87. The molecule has 7 nitrogen and oxygen atoms in total. The summed E-state index contributed by atoms with van der Waals surface area (Å²) in [4.78, 5) is 32.8. The highest BCUT2D eigenvalue weighted by atomic mass is 19.4. The fraction of sp³-hybridized carbons (Fsp3) is 0.667. The maximum Gasteiger partial charge on any atom is 0.422 e. The standard InChI is InChI=1S/C9H13F3N2O5/c1-4(5(15)19-3)13-7(18)14-8(2,6(16)17)9(10,11)12/h4H,1-3H3,(H,16,17)(H2,13,14,18). The van der Waals surface area contributed by atoms with Crippen molar-refractivity contribution in [2.75, 3.05) is 7.11 Å². The average molecular weight is 286 g/mol. The van der Waals surface area contributed by atoms with E-state index >= 15 is 0 Å². The monoisotopic (exact) mass is 286 g/mol. The van der Waals surface area contributed by atoms with Crippen LogP contribution in [0.25, 0.3) is 0 Å². The first-order chi connectivity index (χ1) is 8.45. The van der Waals surface area contributed by atoms with Crippen molar-refractivity contribution in [3.8, 4) is 0 Å². The van der Waals surface area contributed by atoms with E-state index in [1.807, 2.05) is 5.32 Å². The van der Waals surface area contributed by atoms with Crippen molar-refractivity contribution >= 4 is 18.0 Å². The smallest absolute Gasteiger partial charge is 0.422 e. The van der Waals surface area contributed by atoms with Crippen LogP contribution in [-0.4, -0.2) is 47.9 Å². The van der Waals surface area contributed by atoms with Crippen LogP contribution in [0.15, 0.2) is 0 Å². The second-order valence-corrected chi connectivity index (χ2v) is 3.77. The predicted molar refractivity (Wildman–Crippen MR) is 55.2 cm³/mol. The van der Waals surface area contributed by atoms with E-state index in [2.05, 4.69) is 4.74 Å². The number of carboxylic acids is 1. The van der Waals surface area contributed by atoms with Crippen LogP contribution in [0.1, 0.15) is 13.8 Å². The molecule has 0 saturated heterocycles. The van der Waals surface area contributed by atoms with Gasteiger partial charge in [0.1, 0.15) is 6.04 Å². The van der Waals surface area contributed by atoms with E-state index in [9.17, 15) is 27.6 Å². The highest BCUT2D eigenvalue weighted by Gasteiger charge is 2.58. The molecule has 0 saturated carbocycles. The summed E-state index contributed by atoms with van der Waals surface area (Å²) in [5, 5.41) is 11.6. The van der Waals surface area contributed by atoms with Crippen LogP contribution < -0.4 is 10.6 Å². The molecule has 0 aliphatic rings. The fourth-order valence-corrected chi connectivity index (χ4v) is 0.941. The number of alkyl halides is 3. The molecule has 19 heavy (non-hydrogen) atoms. The molecule has 0 aromatic rings. The maximum atomic E-state index is 12.6. The van der Waals surface area contributed by atoms with Crippen molar-refractivity contribution in [2.45, 2.75) is 31.6 Å². The number of methoxy groups -OCH3 is 1. The molecule has 2 unspecified atom stereocenters. The highest BCUT2D eigenvalue weighted by molar-refractivity contribution is 5.89. The van der Waals surface area contributed by atoms with Crippen LogP contribution in [0.2, 0.25) is 0 Å². The number of esters is 1. The van der Waals surface area contributed by atoms with Crippen molar-refractivity contribution in [3.05, 3.63) is 0 Å². The highest BCUT2D eigenvalue weighted by Crippen LogP contribution is 2.30. The van der Waals surface area contributed by atoms with E-state index < -0.39 is 35.7 Å². The molecule has 0 rings (SSSR count). The first-order valence-corrected chi connectivity index (χ1v) is 4.92. The van der Waals surface area contributed by atoms with E-state index in [0.717, 1.165) is 14.0 Å². The van der Waals surface area contributed by atoms with Gasteiger partial charge in [0.15, 0.2) is 0 Å². The largest absolute Gasteiger partial charge is 0.479 e. The molecule has 0 radical (unpaired) electrons. The van der Waals surface area contributed by atoms with Crippen LogP contribution in [0, 0.1) is 0 Å². The van der Waals surface area contributed by atoms with Gasteiger partial charge in [0.25, 0.3) is 0 Å². The second-order valence-electron chi connectivity index (χ2n) is 3.77. The van der Waals surface area contributed by atoms with E-state index in [-0.39, 0.29) is 6.92 Å². The van der Waals surface area contributed by atoms with Crippen molar-refractivity contribution in [3.63, 3.8) is 0 Å².